The lowest BCUT2D eigenvalue weighted by Crippen LogP contribution is -2.22. The minimum atomic E-state index is -0.283. The topological polar surface area (TPSA) is 54.3 Å². The van der Waals surface area contributed by atoms with Gasteiger partial charge < -0.3 is 14.8 Å². The molecule has 0 saturated carbocycles. The van der Waals surface area contributed by atoms with E-state index in [0.29, 0.717) is 11.3 Å². The number of benzene rings is 2. The monoisotopic (exact) mass is 349 g/mol. The van der Waals surface area contributed by atoms with Gasteiger partial charge in [-0.25, -0.2) is 0 Å². The highest BCUT2D eigenvalue weighted by molar-refractivity contribution is 6.12. The Morgan fingerprint density at radius 2 is 1.69 bits per heavy atom. The SMILES string of the molecule is CCN(CC)c1ccc(NC(=O)c2cc(=O)n(C)c3ccccc23)cc1. The molecule has 0 aliphatic heterocycles. The van der Waals surface area contributed by atoms with Gasteiger partial charge in [0.15, 0.2) is 0 Å². The molecule has 26 heavy (non-hydrogen) atoms. The second kappa shape index (κ2) is 7.44. The first-order valence-electron chi connectivity index (χ1n) is 8.80. The van der Waals surface area contributed by atoms with Crippen molar-refractivity contribution in [1.29, 1.82) is 0 Å². The molecule has 2 aromatic carbocycles. The molecule has 5 nitrogen and oxygen atoms in total. The second-order valence-electron chi connectivity index (χ2n) is 6.15. The van der Waals surface area contributed by atoms with Gasteiger partial charge in [-0.15, -0.1) is 0 Å². The Hall–Kier alpha value is -3.08. The number of fused-ring (bicyclic) bond motifs is 1. The van der Waals surface area contributed by atoms with Crippen molar-refractivity contribution in [2.45, 2.75) is 13.8 Å². The second-order valence-corrected chi connectivity index (χ2v) is 6.15. The van der Waals surface area contributed by atoms with Crippen LogP contribution in [0.25, 0.3) is 10.9 Å². The number of carbonyl (C=O) groups excluding carboxylic acids is 1. The maximum Gasteiger partial charge on any atom is 0.256 e. The molecule has 1 N–H and O–H groups in total. The molecule has 1 heterocycles. The zero-order valence-electron chi connectivity index (χ0n) is 15.3. The number of rotatable bonds is 5. The first kappa shape index (κ1) is 17.7. The number of pyridine rings is 1. The van der Waals surface area contributed by atoms with Crippen molar-refractivity contribution in [3.8, 4) is 0 Å². The van der Waals surface area contributed by atoms with Gasteiger partial charge in [-0.05, 0) is 44.2 Å². The number of amides is 1. The Balaban J connectivity index is 1.90. The highest BCUT2D eigenvalue weighted by Crippen LogP contribution is 2.20. The lowest BCUT2D eigenvalue weighted by molar-refractivity contribution is 0.102. The number of aromatic nitrogens is 1. The van der Waals surface area contributed by atoms with Crippen LogP contribution in [0.15, 0.2) is 59.4 Å². The average Bonchev–Trinajstić information content (AvgIpc) is 2.67. The highest BCUT2D eigenvalue weighted by atomic mass is 16.2. The van der Waals surface area contributed by atoms with Crippen molar-refractivity contribution in [2.24, 2.45) is 7.05 Å². The molecule has 3 aromatic rings. The van der Waals surface area contributed by atoms with Gasteiger partial charge in [-0.1, -0.05) is 18.2 Å². The van der Waals surface area contributed by atoms with Crippen LogP contribution in [0.3, 0.4) is 0 Å². The predicted octanol–water partition coefficient (Wildman–Crippen LogP) is 3.64. The molecule has 1 aromatic heterocycles. The predicted molar refractivity (Wildman–Crippen MR) is 107 cm³/mol. The smallest absolute Gasteiger partial charge is 0.256 e. The number of para-hydroxylation sites is 1. The number of nitrogens with one attached hydrogen (secondary N) is 1. The quantitative estimate of drug-likeness (QED) is 0.765. The Kier molecular flexibility index (Phi) is 5.07. The Bertz CT molecular complexity index is 986. The van der Waals surface area contributed by atoms with Gasteiger partial charge in [-0.3, -0.25) is 9.59 Å². The summed E-state index contributed by atoms with van der Waals surface area (Å²) in [5.41, 5.74) is 2.74. The van der Waals surface area contributed by atoms with Crippen molar-refractivity contribution in [2.75, 3.05) is 23.3 Å². The molecular formula is C21H23N3O2. The minimum Gasteiger partial charge on any atom is -0.372 e. The first-order valence-corrected chi connectivity index (χ1v) is 8.80. The Labute approximate surface area is 152 Å². The van der Waals surface area contributed by atoms with Crippen molar-refractivity contribution >= 4 is 28.2 Å². The maximum atomic E-state index is 12.8. The van der Waals surface area contributed by atoms with E-state index < -0.39 is 0 Å². The van der Waals surface area contributed by atoms with E-state index in [9.17, 15) is 9.59 Å². The first-order chi connectivity index (χ1) is 12.5. The van der Waals surface area contributed by atoms with Crippen LogP contribution in [0, 0.1) is 0 Å². The molecule has 0 spiro atoms. The van der Waals surface area contributed by atoms with E-state index in [0.717, 1.165) is 29.7 Å². The van der Waals surface area contributed by atoms with E-state index in [2.05, 4.69) is 24.1 Å². The van der Waals surface area contributed by atoms with E-state index in [1.54, 1.807) is 11.6 Å². The third-order valence-corrected chi connectivity index (χ3v) is 4.65. The van der Waals surface area contributed by atoms with Crippen molar-refractivity contribution < 1.29 is 4.79 Å². The molecule has 0 bridgehead atoms. The minimum absolute atomic E-state index is 0.203. The third kappa shape index (κ3) is 3.33. The van der Waals surface area contributed by atoms with Crippen LogP contribution in [-0.4, -0.2) is 23.6 Å². The zero-order chi connectivity index (χ0) is 18.7. The van der Waals surface area contributed by atoms with Crippen molar-refractivity contribution in [3.05, 3.63) is 70.5 Å². The molecule has 5 heteroatoms. The van der Waals surface area contributed by atoms with Gasteiger partial charge >= 0.3 is 0 Å². The summed E-state index contributed by atoms with van der Waals surface area (Å²) < 4.78 is 1.55. The molecule has 0 saturated heterocycles. The summed E-state index contributed by atoms with van der Waals surface area (Å²) >= 11 is 0. The molecule has 134 valence electrons. The van der Waals surface area contributed by atoms with Gasteiger partial charge in [-0.2, -0.15) is 0 Å². The molecule has 0 aliphatic carbocycles. The molecule has 0 aliphatic rings. The summed E-state index contributed by atoms with van der Waals surface area (Å²) in [6, 6.07) is 16.6. The number of hydrogen-bond acceptors (Lipinski definition) is 3. The summed E-state index contributed by atoms with van der Waals surface area (Å²) in [4.78, 5) is 27.2. The van der Waals surface area contributed by atoms with Crippen LogP contribution >= 0.6 is 0 Å². The van der Waals surface area contributed by atoms with Crippen LogP contribution in [0.1, 0.15) is 24.2 Å². The Morgan fingerprint density at radius 3 is 2.35 bits per heavy atom. The van der Waals surface area contributed by atoms with Gasteiger partial charge in [0.25, 0.3) is 11.5 Å². The van der Waals surface area contributed by atoms with Crippen molar-refractivity contribution in [1.82, 2.24) is 4.57 Å². The third-order valence-electron chi connectivity index (χ3n) is 4.65. The number of carbonyl (C=O) groups is 1. The van der Waals surface area contributed by atoms with Crippen molar-refractivity contribution in [3.63, 3.8) is 0 Å². The maximum absolute atomic E-state index is 12.8. The molecule has 0 unspecified atom stereocenters. The summed E-state index contributed by atoms with van der Waals surface area (Å²) in [5, 5.41) is 3.65. The zero-order valence-corrected chi connectivity index (χ0v) is 15.3. The lowest BCUT2D eigenvalue weighted by Gasteiger charge is -2.21. The number of anilines is 2. The number of hydrogen-bond donors (Lipinski definition) is 1. The van der Waals surface area contributed by atoms with E-state index in [1.807, 2.05) is 48.5 Å². The summed E-state index contributed by atoms with van der Waals surface area (Å²) in [7, 11) is 1.71. The molecule has 0 fully saturated rings. The fourth-order valence-corrected chi connectivity index (χ4v) is 3.14. The molecule has 3 rings (SSSR count). The summed E-state index contributed by atoms with van der Waals surface area (Å²) in [6.07, 6.45) is 0. The van der Waals surface area contributed by atoms with Crippen LogP contribution in [0.4, 0.5) is 11.4 Å². The van der Waals surface area contributed by atoms with Gasteiger partial charge in [0.1, 0.15) is 0 Å². The average molecular weight is 349 g/mol. The normalized spacial score (nSPS) is 10.7. The number of nitrogens with zero attached hydrogens (tertiary/aromatic N) is 2. The van der Waals surface area contributed by atoms with E-state index in [1.165, 1.54) is 6.07 Å². The molecule has 0 atom stereocenters. The Morgan fingerprint density at radius 1 is 1.04 bits per heavy atom. The van der Waals surface area contributed by atoms with Crippen LogP contribution < -0.4 is 15.8 Å². The van der Waals surface area contributed by atoms with E-state index in [4.69, 9.17) is 0 Å². The summed E-state index contributed by atoms with van der Waals surface area (Å²) in [6.45, 7) is 6.09. The number of aryl methyl sites for hydroxylation is 1. The van der Waals surface area contributed by atoms with E-state index in [-0.39, 0.29) is 11.5 Å². The fourth-order valence-electron chi connectivity index (χ4n) is 3.14. The molecule has 1 amide bonds. The largest absolute Gasteiger partial charge is 0.372 e. The van der Waals surface area contributed by atoms with Gasteiger partial charge in [0.05, 0.1) is 11.1 Å². The molecular weight excluding hydrogens is 326 g/mol. The van der Waals surface area contributed by atoms with Gasteiger partial charge in [0.2, 0.25) is 0 Å². The standard InChI is InChI=1S/C21H23N3O2/c1-4-24(5-2)16-12-10-15(11-13-16)22-21(26)18-14-20(25)23(3)19-9-7-6-8-17(18)19/h6-14H,4-5H2,1-3H3,(H,22,26). The highest BCUT2D eigenvalue weighted by Gasteiger charge is 2.13. The van der Waals surface area contributed by atoms with Crippen LogP contribution in [0.5, 0.6) is 0 Å². The fraction of sp³-hybridized carbons (Fsp3) is 0.238. The van der Waals surface area contributed by atoms with Crippen LogP contribution in [0.2, 0.25) is 0 Å². The van der Waals surface area contributed by atoms with Gasteiger partial charge in [0, 0.05) is 43.0 Å². The molecule has 0 radical (unpaired) electrons. The van der Waals surface area contributed by atoms with Crippen LogP contribution in [-0.2, 0) is 7.05 Å². The summed E-state index contributed by atoms with van der Waals surface area (Å²) in [5.74, 6) is -0.283. The van der Waals surface area contributed by atoms with E-state index >= 15 is 0 Å². The lowest BCUT2D eigenvalue weighted by atomic mass is 10.1.